The van der Waals surface area contributed by atoms with E-state index in [1.165, 1.54) is 11.3 Å². The van der Waals surface area contributed by atoms with Gasteiger partial charge in [-0.15, -0.1) is 10.2 Å². The van der Waals surface area contributed by atoms with Crippen molar-refractivity contribution in [3.05, 3.63) is 36.5 Å². The van der Waals surface area contributed by atoms with Crippen LogP contribution in [0.1, 0.15) is 0 Å². The lowest BCUT2D eigenvalue weighted by atomic mass is 10.1. The van der Waals surface area contributed by atoms with Gasteiger partial charge in [0.15, 0.2) is 5.01 Å². The topological polar surface area (TPSA) is 64.7 Å². The summed E-state index contributed by atoms with van der Waals surface area (Å²) in [4.78, 5) is 4.36. The molecule has 0 bridgehead atoms. The fourth-order valence-corrected chi connectivity index (χ4v) is 2.26. The molecule has 16 heavy (non-hydrogen) atoms. The highest BCUT2D eigenvalue weighted by atomic mass is 32.1. The van der Waals surface area contributed by atoms with Crippen LogP contribution in [0.25, 0.3) is 21.5 Å². The molecule has 0 saturated heterocycles. The third kappa shape index (κ3) is 1.42. The highest BCUT2D eigenvalue weighted by molar-refractivity contribution is 7.18. The highest BCUT2D eigenvalue weighted by Gasteiger charge is 2.08. The van der Waals surface area contributed by atoms with Gasteiger partial charge >= 0.3 is 0 Å². The molecule has 0 aliphatic carbocycles. The predicted molar refractivity (Wildman–Crippen MR) is 65.1 cm³/mol. The van der Waals surface area contributed by atoms with E-state index in [4.69, 9.17) is 5.73 Å². The van der Waals surface area contributed by atoms with E-state index in [2.05, 4.69) is 15.2 Å². The molecule has 0 spiro atoms. The fourth-order valence-electron chi connectivity index (χ4n) is 1.62. The Hall–Kier alpha value is -2.01. The third-order valence-electron chi connectivity index (χ3n) is 2.30. The van der Waals surface area contributed by atoms with Gasteiger partial charge in [-0.05, 0) is 12.1 Å². The summed E-state index contributed by atoms with van der Waals surface area (Å²) >= 11 is 1.37. The number of pyridine rings is 1. The van der Waals surface area contributed by atoms with Gasteiger partial charge in [-0.1, -0.05) is 29.5 Å². The molecular formula is C11H8N4S. The molecule has 0 amide bonds. The van der Waals surface area contributed by atoms with Crippen molar-refractivity contribution in [3.8, 4) is 10.6 Å². The van der Waals surface area contributed by atoms with Crippen LogP contribution >= 0.6 is 11.3 Å². The number of nitrogen functional groups attached to an aromatic ring is 1. The SMILES string of the molecule is Nc1nnc(-c2cccc3cccnc23)s1. The van der Waals surface area contributed by atoms with E-state index in [-0.39, 0.29) is 0 Å². The standard InChI is InChI=1S/C11H8N4S/c12-11-15-14-10(16-11)8-5-1-3-7-4-2-6-13-9(7)8/h1-6H,(H2,12,15). The first-order valence-electron chi connectivity index (χ1n) is 4.78. The fraction of sp³-hybridized carbons (Fsp3) is 0. The largest absolute Gasteiger partial charge is 0.374 e. The highest BCUT2D eigenvalue weighted by Crippen LogP contribution is 2.29. The molecule has 0 aliphatic heterocycles. The molecule has 3 aromatic rings. The van der Waals surface area contributed by atoms with Gasteiger partial charge in [0, 0.05) is 17.1 Å². The molecule has 0 radical (unpaired) electrons. The zero-order chi connectivity index (χ0) is 11.0. The molecule has 0 atom stereocenters. The van der Waals surface area contributed by atoms with Crippen molar-refractivity contribution >= 4 is 27.4 Å². The number of hydrogen-bond donors (Lipinski definition) is 1. The molecule has 3 rings (SSSR count). The Morgan fingerprint density at radius 2 is 1.94 bits per heavy atom. The molecule has 2 heterocycles. The van der Waals surface area contributed by atoms with E-state index in [1.807, 2.05) is 30.3 Å². The summed E-state index contributed by atoms with van der Waals surface area (Å²) in [6.45, 7) is 0. The molecule has 5 heteroatoms. The first kappa shape index (κ1) is 9.23. The summed E-state index contributed by atoms with van der Waals surface area (Å²) < 4.78 is 0. The Labute approximate surface area is 95.8 Å². The monoisotopic (exact) mass is 228 g/mol. The second kappa shape index (κ2) is 3.53. The summed E-state index contributed by atoms with van der Waals surface area (Å²) in [6, 6.07) is 9.93. The number of hydrogen-bond acceptors (Lipinski definition) is 5. The van der Waals surface area contributed by atoms with E-state index >= 15 is 0 Å². The summed E-state index contributed by atoms with van der Waals surface area (Å²) in [5.41, 5.74) is 7.50. The second-order valence-electron chi connectivity index (χ2n) is 3.33. The minimum atomic E-state index is 0.475. The predicted octanol–water partition coefficient (Wildman–Crippen LogP) is 2.34. The number of anilines is 1. The average molecular weight is 228 g/mol. The number of rotatable bonds is 1. The van der Waals surface area contributed by atoms with Crippen LogP contribution in [0.15, 0.2) is 36.5 Å². The van der Waals surface area contributed by atoms with Crippen LogP contribution in [0, 0.1) is 0 Å². The van der Waals surface area contributed by atoms with Crippen LogP contribution in [-0.2, 0) is 0 Å². The summed E-state index contributed by atoms with van der Waals surface area (Å²) in [7, 11) is 0. The van der Waals surface area contributed by atoms with Gasteiger partial charge in [0.25, 0.3) is 0 Å². The second-order valence-corrected chi connectivity index (χ2v) is 4.34. The van der Waals surface area contributed by atoms with Crippen molar-refractivity contribution in [3.63, 3.8) is 0 Å². The maximum atomic E-state index is 5.58. The molecule has 4 nitrogen and oxygen atoms in total. The Bertz CT molecular complexity index is 642. The van der Waals surface area contributed by atoms with Crippen LogP contribution in [0.2, 0.25) is 0 Å². The van der Waals surface area contributed by atoms with Crippen molar-refractivity contribution in [2.75, 3.05) is 5.73 Å². The molecule has 2 N–H and O–H groups in total. The zero-order valence-corrected chi connectivity index (χ0v) is 9.11. The van der Waals surface area contributed by atoms with Gasteiger partial charge in [0.2, 0.25) is 5.13 Å². The van der Waals surface area contributed by atoms with E-state index < -0.39 is 0 Å². The minimum Gasteiger partial charge on any atom is -0.374 e. The summed E-state index contributed by atoms with van der Waals surface area (Å²) in [5, 5.41) is 10.2. The van der Waals surface area contributed by atoms with Gasteiger partial charge in [0.1, 0.15) is 0 Å². The normalized spacial score (nSPS) is 10.8. The molecule has 78 valence electrons. The smallest absolute Gasteiger partial charge is 0.203 e. The van der Waals surface area contributed by atoms with Gasteiger partial charge in [-0.3, -0.25) is 4.98 Å². The molecule has 0 unspecified atom stereocenters. The number of para-hydroxylation sites is 1. The molecule has 1 aromatic carbocycles. The number of nitrogens with two attached hydrogens (primary N) is 1. The van der Waals surface area contributed by atoms with E-state index in [0.29, 0.717) is 5.13 Å². The maximum absolute atomic E-state index is 5.58. The molecule has 2 aromatic heterocycles. The van der Waals surface area contributed by atoms with Gasteiger partial charge in [0.05, 0.1) is 5.52 Å². The zero-order valence-electron chi connectivity index (χ0n) is 8.29. The number of benzene rings is 1. The third-order valence-corrected chi connectivity index (χ3v) is 3.09. The Morgan fingerprint density at radius 3 is 2.75 bits per heavy atom. The quantitative estimate of drug-likeness (QED) is 0.694. The van der Waals surface area contributed by atoms with Crippen LogP contribution in [0.5, 0.6) is 0 Å². The van der Waals surface area contributed by atoms with Gasteiger partial charge in [-0.25, -0.2) is 0 Å². The van der Waals surface area contributed by atoms with Crippen LogP contribution < -0.4 is 5.73 Å². The van der Waals surface area contributed by atoms with Crippen molar-refractivity contribution in [1.82, 2.24) is 15.2 Å². The molecule has 0 aliphatic rings. The van der Waals surface area contributed by atoms with Crippen molar-refractivity contribution in [2.45, 2.75) is 0 Å². The lowest BCUT2D eigenvalue weighted by Crippen LogP contribution is -1.83. The Kier molecular flexibility index (Phi) is 2.04. The van der Waals surface area contributed by atoms with Crippen LogP contribution in [-0.4, -0.2) is 15.2 Å². The summed E-state index contributed by atoms with van der Waals surface area (Å²) in [5.74, 6) is 0. The van der Waals surface area contributed by atoms with Gasteiger partial charge < -0.3 is 5.73 Å². The van der Waals surface area contributed by atoms with Crippen LogP contribution in [0.4, 0.5) is 5.13 Å². The average Bonchev–Trinajstić information content (AvgIpc) is 2.75. The Morgan fingerprint density at radius 1 is 1.06 bits per heavy atom. The maximum Gasteiger partial charge on any atom is 0.203 e. The minimum absolute atomic E-state index is 0.475. The van der Waals surface area contributed by atoms with Gasteiger partial charge in [-0.2, -0.15) is 0 Å². The number of fused-ring (bicyclic) bond motifs is 1. The van der Waals surface area contributed by atoms with E-state index in [9.17, 15) is 0 Å². The molecular weight excluding hydrogens is 220 g/mol. The Balaban J connectivity index is 2.31. The first-order valence-corrected chi connectivity index (χ1v) is 5.59. The molecule has 0 saturated carbocycles. The number of nitrogens with zero attached hydrogens (tertiary/aromatic N) is 3. The number of aromatic nitrogens is 3. The summed E-state index contributed by atoms with van der Waals surface area (Å²) in [6.07, 6.45) is 1.77. The van der Waals surface area contributed by atoms with Crippen LogP contribution in [0.3, 0.4) is 0 Å². The van der Waals surface area contributed by atoms with Crippen molar-refractivity contribution in [2.24, 2.45) is 0 Å². The van der Waals surface area contributed by atoms with E-state index in [1.54, 1.807) is 6.20 Å². The van der Waals surface area contributed by atoms with Crippen molar-refractivity contribution in [1.29, 1.82) is 0 Å². The lowest BCUT2D eigenvalue weighted by Gasteiger charge is -2.00. The lowest BCUT2D eigenvalue weighted by molar-refractivity contribution is 1.10. The first-order chi connectivity index (χ1) is 7.84. The molecule has 0 fully saturated rings. The van der Waals surface area contributed by atoms with E-state index in [0.717, 1.165) is 21.5 Å². The van der Waals surface area contributed by atoms with Crippen molar-refractivity contribution < 1.29 is 0 Å².